The van der Waals surface area contributed by atoms with E-state index >= 15 is 0 Å². The highest BCUT2D eigenvalue weighted by Crippen LogP contribution is 2.04. The zero-order chi connectivity index (χ0) is 13.2. The predicted octanol–water partition coefficient (Wildman–Crippen LogP) is -0.0274. The maximum atomic E-state index is 11.8. The minimum absolute atomic E-state index is 0.0832. The molecule has 2 aromatic rings. The second-order valence-corrected chi connectivity index (χ2v) is 5.67. The van der Waals surface area contributed by atoms with Crippen LogP contribution in [-0.2, 0) is 23.5 Å². The highest BCUT2D eigenvalue weighted by Gasteiger charge is 2.15. The predicted molar refractivity (Wildman–Crippen MR) is 65.4 cm³/mol. The maximum absolute atomic E-state index is 11.8. The highest BCUT2D eigenvalue weighted by atomic mass is 32.2. The van der Waals surface area contributed by atoms with Crippen molar-refractivity contribution < 1.29 is 8.42 Å². The van der Waals surface area contributed by atoms with E-state index in [0.29, 0.717) is 18.8 Å². The molecular weight excluding hydrogens is 254 g/mol. The molecule has 8 heteroatoms. The van der Waals surface area contributed by atoms with Crippen LogP contribution in [0.4, 0.5) is 0 Å². The van der Waals surface area contributed by atoms with Gasteiger partial charge in [-0.05, 0) is 6.92 Å². The van der Waals surface area contributed by atoms with E-state index in [-0.39, 0.29) is 5.03 Å². The fourth-order valence-electron chi connectivity index (χ4n) is 1.55. The van der Waals surface area contributed by atoms with Gasteiger partial charge in [-0.15, -0.1) is 0 Å². The van der Waals surface area contributed by atoms with Crippen molar-refractivity contribution in [1.29, 1.82) is 0 Å². The first-order valence-corrected chi connectivity index (χ1v) is 6.95. The molecule has 0 saturated heterocycles. The van der Waals surface area contributed by atoms with Crippen LogP contribution in [0.2, 0.25) is 0 Å². The molecule has 0 bridgehead atoms. The molecule has 0 aliphatic rings. The van der Waals surface area contributed by atoms with Gasteiger partial charge in [0, 0.05) is 32.4 Å². The van der Waals surface area contributed by atoms with Crippen molar-refractivity contribution in [1.82, 2.24) is 24.2 Å². The first-order chi connectivity index (χ1) is 8.49. The van der Waals surface area contributed by atoms with E-state index in [1.165, 1.54) is 6.20 Å². The van der Waals surface area contributed by atoms with Gasteiger partial charge < -0.3 is 9.55 Å². The lowest BCUT2D eigenvalue weighted by atomic mass is 10.4. The Labute approximate surface area is 105 Å². The van der Waals surface area contributed by atoms with Crippen LogP contribution < -0.4 is 4.72 Å². The minimum Gasteiger partial charge on any atom is -0.338 e. The van der Waals surface area contributed by atoms with Gasteiger partial charge in [0.2, 0.25) is 0 Å². The average Bonchev–Trinajstić information content (AvgIpc) is 2.89. The third kappa shape index (κ3) is 2.77. The van der Waals surface area contributed by atoms with Gasteiger partial charge in [-0.1, -0.05) is 0 Å². The summed E-state index contributed by atoms with van der Waals surface area (Å²) in [6.45, 7) is 2.00. The zero-order valence-corrected chi connectivity index (χ0v) is 11.0. The first kappa shape index (κ1) is 12.8. The number of imidazole rings is 2. The number of rotatable bonds is 5. The lowest BCUT2D eigenvalue weighted by molar-refractivity contribution is 0.576. The van der Waals surface area contributed by atoms with Gasteiger partial charge in [-0.3, -0.25) is 0 Å². The van der Waals surface area contributed by atoms with Gasteiger partial charge in [-0.2, -0.15) is 0 Å². The fourth-order valence-corrected chi connectivity index (χ4v) is 2.55. The van der Waals surface area contributed by atoms with Crippen LogP contribution in [0.1, 0.15) is 11.6 Å². The summed E-state index contributed by atoms with van der Waals surface area (Å²) in [5, 5.41) is 0.0832. The molecular formula is C10H15N5O2S. The molecule has 0 radical (unpaired) electrons. The van der Waals surface area contributed by atoms with Crippen LogP contribution >= 0.6 is 0 Å². The van der Waals surface area contributed by atoms with E-state index in [0.717, 1.165) is 5.82 Å². The van der Waals surface area contributed by atoms with Gasteiger partial charge in [0.25, 0.3) is 10.0 Å². The summed E-state index contributed by atoms with van der Waals surface area (Å²) in [4.78, 5) is 10.7. The Balaban J connectivity index is 1.96. The molecule has 18 heavy (non-hydrogen) atoms. The second-order valence-electron chi connectivity index (χ2n) is 3.94. The van der Waals surface area contributed by atoms with E-state index in [1.54, 1.807) is 13.1 Å². The molecule has 0 spiro atoms. The van der Waals surface area contributed by atoms with E-state index in [2.05, 4.69) is 19.7 Å². The molecule has 0 unspecified atom stereocenters. The number of hydrogen-bond acceptors (Lipinski definition) is 4. The second kappa shape index (κ2) is 4.91. The monoisotopic (exact) mass is 269 g/mol. The standard InChI is InChI=1S/C10H15N5O2S/c1-8-12-7-10(14-8)18(16,17)13-4-3-9-11-5-6-15(9)2/h5-7,13H,3-4H2,1-2H3,(H,12,14). The molecule has 0 saturated carbocycles. The lowest BCUT2D eigenvalue weighted by Crippen LogP contribution is -2.26. The maximum Gasteiger partial charge on any atom is 0.257 e. The molecule has 0 aliphatic heterocycles. The van der Waals surface area contributed by atoms with Gasteiger partial charge in [0.1, 0.15) is 11.6 Å². The summed E-state index contributed by atoms with van der Waals surface area (Å²) >= 11 is 0. The van der Waals surface area contributed by atoms with Crippen LogP contribution in [0.15, 0.2) is 23.6 Å². The Hall–Kier alpha value is -1.67. The number of aryl methyl sites for hydroxylation is 2. The average molecular weight is 269 g/mol. The third-order valence-corrected chi connectivity index (χ3v) is 3.90. The summed E-state index contributed by atoms with van der Waals surface area (Å²) in [6.07, 6.45) is 5.35. The molecule has 2 rings (SSSR count). The molecule has 0 atom stereocenters. The molecule has 0 aromatic carbocycles. The number of sulfonamides is 1. The smallest absolute Gasteiger partial charge is 0.257 e. The van der Waals surface area contributed by atoms with Crippen LogP contribution in [-0.4, -0.2) is 34.5 Å². The van der Waals surface area contributed by atoms with Crippen molar-refractivity contribution >= 4 is 10.0 Å². The number of hydrogen-bond donors (Lipinski definition) is 2. The van der Waals surface area contributed by atoms with Crippen molar-refractivity contribution in [3.63, 3.8) is 0 Å². The summed E-state index contributed by atoms with van der Waals surface area (Å²) in [6, 6.07) is 0. The largest absolute Gasteiger partial charge is 0.338 e. The normalized spacial score (nSPS) is 11.9. The van der Waals surface area contributed by atoms with Crippen LogP contribution in [0.25, 0.3) is 0 Å². The topological polar surface area (TPSA) is 92.7 Å². The van der Waals surface area contributed by atoms with Crippen molar-refractivity contribution in [2.24, 2.45) is 7.05 Å². The molecule has 0 fully saturated rings. The Morgan fingerprint density at radius 1 is 1.44 bits per heavy atom. The number of aromatic nitrogens is 4. The van der Waals surface area contributed by atoms with Crippen molar-refractivity contribution in [2.75, 3.05) is 6.54 Å². The summed E-state index contributed by atoms with van der Waals surface area (Å²) in [5.74, 6) is 1.40. The van der Waals surface area contributed by atoms with Crippen LogP contribution in [0.5, 0.6) is 0 Å². The molecule has 7 nitrogen and oxygen atoms in total. The number of nitrogens with one attached hydrogen (secondary N) is 2. The van der Waals surface area contributed by atoms with E-state index in [1.807, 2.05) is 17.8 Å². The highest BCUT2D eigenvalue weighted by molar-refractivity contribution is 7.89. The number of H-pyrrole nitrogens is 1. The number of aromatic amines is 1. The Bertz CT molecular complexity index is 628. The molecule has 2 aromatic heterocycles. The minimum atomic E-state index is -3.51. The van der Waals surface area contributed by atoms with Gasteiger partial charge in [-0.25, -0.2) is 23.1 Å². The molecule has 2 heterocycles. The molecule has 0 amide bonds. The zero-order valence-electron chi connectivity index (χ0n) is 10.2. The fraction of sp³-hybridized carbons (Fsp3) is 0.400. The van der Waals surface area contributed by atoms with Crippen LogP contribution in [0.3, 0.4) is 0 Å². The van der Waals surface area contributed by atoms with E-state index in [4.69, 9.17) is 0 Å². The summed E-state index contributed by atoms with van der Waals surface area (Å²) < 4.78 is 28.1. The van der Waals surface area contributed by atoms with Gasteiger partial charge in [0.05, 0.1) is 6.20 Å². The summed E-state index contributed by atoms with van der Waals surface area (Å²) in [7, 11) is -1.64. The molecule has 98 valence electrons. The SMILES string of the molecule is Cc1ncc(S(=O)(=O)NCCc2nccn2C)[nH]1. The lowest BCUT2D eigenvalue weighted by Gasteiger charge is -2.04. The van der Waals surface area contributed by atoms with Gasteiger partial charge in [0.15, 0.2) is 5.03 Å². The van der Waals surface area contributed by atoms with Crippen molar-refractivity contribution in [3.05, 3.63) is 30.2 Å². The van der Waals surface area contributed by atoms with E-state index < -0.39 is 10.0 Å². The van der Waals surface area contributed by atoms with Crippen LogP contribution in [0, 0.1) is 6.92 Å². The summed E-state index contributed by atoms with van der Waals surface area (Å²) in [5.41, 5.74) is 0. The molecule has 2 N–H and O–H groups in total. The van der Waals surface area contributed by atoms with E-state index in [9.17, 15) is 8.42 Å². The third-order valence-electron chi connectivity index (χ3n) is 2.53. The van der Waals surface area contributed by atoms with Crippen molar-refractivity contribution in [2.45, 2.75) is 18.4 Å². The first-order valence-electron chi connectivity index (χ1n) is 5.46. The van der Waals surface area contributed by atoms with Crippen molar-refractivity contribution in [3.8, 4) is 0 Å². The van der Waals surface area contributed by atoms with Gasteiger partial charge >= 0.3 is 0 Å². The molecule has 0 aliphatic carbocycles. The Kier molecular flexibility index (Phi) is 3.48. The Morgan fingerprint density at radius 3 is 2.78 bits per heavy atom. The number of nitrogens with zero attached hydrogens (tertiary/aromatic N) is 3. The quantitative estimate of drug-likeness (QED) is 0.797. The Morgan fingerprint density at radius 2 is 2.22 bits per heavy atom.